The maximum atomic E-state index is 13.6. The van der Waals surface area contributed by atoms with Gasteiger partial charge in [0.2, 0.25) is 5.91 Å². The lowest BCUT2D eigenvalue weighted by Crippen LogP contribution is -2.58. The first-order chi connectivity index (χ1) is 17.8. The Morgan fingerprint density at radius 1 is 1.08 bits per heavy atom. The summed E-state index contributed by atoms with van der Waals surface area (Å²) >= 11 is 0. The third-order valence-electron chi connectivity index (χ3n) is 7.70. The summed E-state index contributed by atoms with van der Waals surface area (Å²) in [5, 5.41) is 5.93. The highest BCUT2D eigenvalue weighted by molar-refractivity contribution is 5.94. The molecular weight excluding hydrogens is 472 g/mol. The number of likely N-dealkylation sites (tertiary alicyclic amines) is 1. The quantitative estimate of drug-likeness (QED) is 0.496. The maximum absolute atomic E-state index is 13.6. The van der Waals surface area contributed by atoms with Crippen LogP contribution in [0.3, 0.4) is 0 Å². The van der Waals surface area contributed by atoms with Gasteiger partial charge in [-0.05, 0) is 56.2 Å². The van der Waals surface area contributed by atoms with E-state index in [0.29, 0.717) is 39.3 Å². The Labute approximate surface area is 220 Å². The standard InChI is InChI=1S/C28H42N4O5/c1-28(2,11-10-21-8-4-3-5-9-21)18-22(29-27(35)32-14-16-36-17-15-32)26(34)30-25-23(33)20-37-24(25)19-31-12-6-7-13-31/h3-5,8-9,22,24-25H,6-7,10-20H2,1-2H3,(H,29,35)(H,30,34)/t22-,24?,25?/m0/s1. The van der Waals surface area contributed by atoms with E-state index in [2.05, 4.69) is 41.5 Å². The molecule has 0 spiro atoms. The van der Waals surface area contributed by atoms with Gasteiger partial charge in [-0.1, -0.05) is 44.2 Å². The number of carbonyl (C=O) groups excluding carboxylic acids is 3. The van der Waals surface area contributed by atoms with Crippen LogP contribution in [0.1, 0.15) is 45.1 Å². The average Bonchev–Trinajstić information content (AvgIpc) is 3.54. The zero-order valence-electron chi connectivity index (χ0n) is 22.2. The number of hydrogen-bond acceptors (Lipinski definition) is 6. The van der Waals surface area contributed by atoms with Crippen molar-refractivity contribution in [1.29, 1.82) is 0 Å². The summed E-state index contributed by atoms with van der Waals surface area (Å²) in [6.45, 7) is 8.81. The van der Waals surface area contributed by atoms with Gasteiger partial charge >= 0.3 is 6.03 Å². The van der Waals surface area contributed by atoms with Crippen molar-refractivity contribution < 1.29 is 23.9 Å². The first-order valence-corrected chi connectivity index (χ1v) is 13.6. The third-order valence-corrected chi connectivity index (χ3v) is 7.70. The van der Waals surface area contributed by atoms with Gasteiger partial charge in [0.25, 0.3) is 0 Å². The summed E-state index contributed by atoms with van der Waals surface area (Å²) in [6, 6.07) is 8.54. The van der Waals surface area contributed by atoms with Crippen molar-refractivity contribution in [3.05, 3.63) is 35.9 Å². The molecule has 1 aromatic carbocycles. The fourth-order valence-electron chi connectivity index (χ4n) is 5.39. The van der Waals surface area contributed by atoms with Crippen LogP contribution in [0.5, 0.6) is 0 Å². The van der Waals surface area contributed by atoms with Gasteiger partial charge in [-0.2, -0.15) is 0 Å². The zero-order chi connectivity index (χ0) is 26.3. The average molecular weight is 515 g/mol. The van der Waals surface area contributed by atoms with Crippen LogP contribution in [0.2, 0.25) is 0 Å². The molecule has 9 heteroatoms. The summed E-state index contributed by atoms with van der Waals surface area (Å²) in [6.07, 6.45) is 4.12. The number of Topliss-reactive ketones (excluding diaryl/α,β-unsaturated/α-hetero) is 1. The summed E-state index contributed by atoms with van der Waals surface area (Å²) in [5.74, 6) is -0.441. The Kier molecular flexibility index (Phi) is 9.56. The van der Waals surface area contributed by atoms with E-state index >= 15 is 0 Å². The number of urea groups is 1. The molecule has 0 aliphatic carbocycles. The van der Waals surface area contributed by atoms with Gasteiger partial charge in [-0.3, -0.25) is 9.59 Å². The predicted octanol–water partition coefficient (Wildman–Crippen LogP) is 1.99. The highest BCUT2D eigenvalue weighted by Crippen LogP contribution is 2.29. The minimum Gasteiger partial charge on any atom is -0.378 e. The van der Waals surface area contributed by atoms with Crippen molar-refractivity contribution in [2.45, 2.75) is 64.1 Å². The number of nitrogens with zero attached hydrogens (tertiary/aromatic N) is 2. The van der Waals surface area contributed by atoms with Crippen LogP contribution in [0, 0.1) is 5.41 Å². The molecule has 0 aromatic heterocycles. The van der Waals surface area contributed by atoms with Crippen molar-refractivity contribution >= 4 is 17.7 Å². The van der Waals surface area contributed by atoms with E-state index in [1.165, 1.54) is 5.56 Å². The van der Waals surface area contributed by atoms with E-state index in [4.69, 9.17) is 9.47 Å². The van der Waals surface area contributed by atoms with Gasteiger partial charge < -0.3 is 29.9 Å². The van der Waals surface area contributed by atoms with Crippen LogP contribution in [-0.4, -0.2) is 98.3 Å². The number of hydrogen-bond donors (Lipinski definition) is 2. The van der Waals surface area contributed by atoms with Crippen LogP contribution in [0.15, 0.2) is 30.3 Å². The maximum Gasteiger partial charge on any atom is 0.318 e. The van der Waals surface area contributed by atoms with E-state index in [1.807, 2.05) is 18.2 Å². The molecule has 3 saturated heterocycles. The van der Waals surface area contributed by atoms with E-state index in [9.17, 15) is 14.4 Å². The normalized spacial score (nSPS) is 23.7. The smallest absolute Gasteiger partial charge is 0.318 e. The second-order valence-corrected chi connectivity index (χ2v) is 11.3. The van der Waals surface area contributed by atoms with Crippen LogP contribution in [-0.2, 0) is 25.5 Å². The van der Waals surface area contributed by atoms with Crippen molar-refractivity contribution in [2.24, 2.45) is 5.41 Å². The molecule has 3 amide bonds. The highest BCUT2D eigenvalue weighted by atomic mass is 16.5. The molecular formula is C28H42N4O5. The molecule has 204 valence electrons. The van der Waals surface area contributed by atoms with Crippen molar-refractivity contribution in [2.75, 3.05) is 52.5 Å². The molecule has 3 aliphatic heterocycles. The number of aryl methyl sites for hydroxylation is 1. The second kappa shape index (κ2) is 12.8. The van der Waals surface area contributed by atoms with Gasteiger partial charge in [0, 0.05) is 19.6 Å². The number of amides is 3. The molecule has 3 fully saturated rings. The van der Waals surface area contributed by atoms with Gasteiger partial charge in [0.1, 0.15) is 18.7 Å². The predicted molar refractivity (Wildman–Crippen MR) is 140 cm³/mol. The molecule has 2 unspecified atom stereocenters. The molecule has 2 N–H and O–H groups in total. The van der Waals surface area contributed by atoms with Crippen LogP contribution in [0.4, 0.5) is 4.79 Å². The molecule has 9 nitrogen and oxygen atoms in total. The van der Waals surface area contributed by atoms with E-state index in [0.717, 1.165) is 38.8 Å². The van der Waals surface area contributed by atoms with Gasteiger partial charge in [0.15, 0.2) is 5.78 Å². The van der Waals surface area contributed by atoms with Crippen LogP contribution < -0.4 is 10.6 Å². The Morgan fingerprint density at radius 2 is 1.78 bits per heavy atom. The van der Waals surface area contributed by atoms with E-state index in [1.54, 1.807) is 4.90 Å². The Bertz CT molecular complexity index is 912. The Hall–Kier alpha value is -2.49. The molecule has 4 rings (SSSR count). The third kappa shape index (κ3) is 7.99. The molecule has 0 radical (unpaired) electrons. The lowest BCUT2D eigenvalue weighted by atomic mass is 9.80. The topological polar surface area (TPSA) is 100 Å². The van der Waals surface area contributed by atoms with E-state index < -0.39 is 12.1 Å². The molecule has 1 aromatic rings. The summed E-state index contributed by atoms with van der Waals surface area (Å²) < 4.78 is 11.1. The van der Waals surface area contributed by atoms with Gasteiger partial charge in [-0.25, -0.2) is 4.79 Å². The first-order valence-electron chi connectivity index (χ1n) is 13.6. The Morgan fingerprint density at radius 3 is 2.49 bits per heavy atom. The van der Waals surface area contributed by atoms with Crippen LogP contribution >= 0.6 is 0 Å². The number of nitrogens with one attached hydrogen (secondary N) is 2. The van der Waals surface area contributed by atoms with Crippen molar-refractivity contribution in [3.63, 3.8) is 0 Å². The molecule has 3 heterocycles. The fourth-order valence-corrected chi connectivity index (χ4v) is 5.39. The number of rotatable bonds is 10. The zero-order valence-corrected chi connectivity index (χ0v) is 22.2. The fraction of sp³-hybridized carbons (Fsp3) is 0.679. The van der Waals surface area contributed by atoms with Gasteiger partial charge in [-0.15, -0.1) is 0 Å². The van der Waals surface area contributed by atoms with Gasteiger partial charge in [0.05, 0.1) is 19.3 Å². The lowest BCUT2D eigenvalue weighted by Gasteiger charge is -2.33. The highest BCUT2D eigenvalue weighted by Gasteiger charge is 2.40. The largest absolute Gasteiger partial charge is 0.378 e. The van der Waals surface area contributed by atoms with Crippen LogP contribution in [0.25, 0.3) is 0 Å². The molecule has 37 heavy (non-hydrogen) atoms. The summed E-state index contributed by atoms with van der Waals surface area (Å²) in [7, 11) is 0. The second-order valence-electron chi connectivity index (χ2n) is 11.3. The summed E-state index contributed by atoms with van der Waals surface area (Å²) in [4.78, 5) is 43.3. The SMILES string of the molecule is CC(C)(CCc1ccccc1)C[C@H](NC(=O)N1CCOCC1)C(=O)NC1C(=O)COC1CN1CCCC1. The van der Waals surface area contributed by atoms with Crippen molar-refractivity contribution in [1.82, 2.24) is 20.4 Å². The van der Waals surface area contributed by atoms with Crippen molar-refractivity contribution in [3.8, 4) is 0 Å². The monoisotopic (exact) mass is 514 g/mol. The molecule has 3 atom stereocenters. The first kappa shape index (κ1) is 27.5. The number of morpholine rings is 1. The van der Waals surface area contributed by atoms with E-state index in [-0.39, 0.29) is 35.8 Å². The Balaban J connectivity index is 1.42. The molecule has 0 bridgehead atoms. The molecule has 0 saturated carbocycles. The number of benzene rings is 1. The minimum atomic E-state index is -0.762. The summed E-state index contributed by atoms with van der Waals surface area (Å²) in [5.41, 5.74) is 1.02. The minimum absolute atomic E-state index is 0.0107. The number of carbonyl (C=O) groups is 3. The molecule has 3 aliphatic rings. The number of ketones is 1. The lowest BCUT2D eigenvalue weighted by molar-refractivity contribution is -0.128. The number of ether oxygens (including phenoxy) is 2.